The van der Waals surface area contributed by atoms with Crippen molar-refractivity contribution < 1.29 is 24.5 Å². The molecule has 2 aromatic rings. The molecular weight excluding hydrogens is 431 g/mol. The third kappa shape index (κ3) is 4.08. The summed E-state index contributed by atoms with van der Waals surface area (Å²) in [5.41, 5.74) is -0.0986. The van der Waals surface area contributed by atoms with Crippen molar-refractivity contribution in [2.75, 3.05) is 19.6 Å². The molecule has 1 aromatic carbocycles. The third-order valence-corrected chi connectivity index (χ3v) is 7.16. The number of aryl methyl sites for hydroxylation is 1. The third-order valence-electron chi connectivity index (χ3n) is 7.16. The maximum absolute atomic E-state index is 13.7. The molecule has 1 spiro atoms. The molecule has 1 saturated heterocycles. The van der Waals surface area contributed by atoms with E-state index in [1.54, 1.807) is 43.0 Å². The number of halogens is 3. The summed E-state index contributed by atoms with van der Waals surface area (Å²) in [5.74, 6) is -0.0993. The summed E-state index contributed by atoms with van der Waals surface area (Å²) >= 11 is 0. The first-order chi connectivity index (χ1) is 15.2. The number of likely N-dealkylation sites (tertiary alicyclic amines) is 1. The Hall–Kier alpha value is -2.32. The molecule has 4 rings (SSSR count). The first-order valence-electron chi connectivity index (χ1n) is 11.3. The monoisotopic (exact) mass is 465 g/mol. The number of alkyl halides is 3. The zero-order valence-corrected chi connectivity index (χ0v) is 19.8. The Balaban J connectivity index is 0.00000324. The molecule has 33 heavy (non-hydrogen) atoms. The predicted octanol–water partition coefficient (Wildman–Crippen LogP) is 4.76. The number of hydrogen-bond donors (Lipinski definition) is 2. The molecule has 182 valence electrons. The van der Waals surface area contributed by atoms with Crippen LogP contribution in [0.25, 0.3) is 0 Å². The number of amides is 1. The van der Waals surface area contributed by atoms with Gasteiger partial charge in [-0.15, -0.1) is 0 Å². The Morgan fingerprint density at radius 1 is 1.12 bits per heavy atom. The van der Waals surface area contributed by atoms with E-state index in [4.69, 9.17) is 0 Å². The highest BCUT2D eigenvalue weighted by Crippen LogP contribution is 2.44. The number of nitrogens with one attached hydrogen (secondary N) is 1. The lowest BCUT2D eigenvalue weighted by Gasteiger charge is -2.50. The lowest BCUT2D eigenvalue weighted by atomic mass is 9.80. The van der Waals surface area contributed by atoms with E-state index in [9.17, 15) is 23.1 Å². The Bertz CT molecular complexity index is 1080. The molecule has 2 aliphatic heterocycles. The van der Waals surface area contributed by atoms with Gasteiger partial charge in [-0.3, -0.25) is 4.79 Å². The van der Waals surface area contributed by atoms with Crippen molar-refractivity contribution in [1.29, 1.82) is 0 Å². The number of fused-ring (bicyclic) bond motifs is 2. The highest BCUT2D eigenvalue weighted by molar-refractivity contribution is 5.94. The fourth-order valence-corrected chi connectivity index (χ4v) is 5.43. The first kappa shape index (κ1) is 23.8. The van der Waals surface area contributed by atoms with E-state index in [1.807, 2.05) is 20.8 Å². The van der Waals surface area contributed by atoms with Crippen LogP contribution in [0.5, 0.6) is 0 Å². The number of carbonyl (C=O) groups is 1. The Kier molecular flexibility index (Phi) is 5.49. The molecule has 3 heterocycles. The summed E-state index contributed by atoms with van der Waals surface area (Å²) in [6.45, 7) is 10.2. The predicted molar refractivity (Wildman–Crippen MR) is 122 cm³/mol. The average Bonchev–Trinajstić information content (AvgIpc) is 3.19. The highest BCUT2D eigenvalue weighted by atomic mass is 19.4. The second-order valence-electron chi connectivity index (χ2n) is 10.6. The minimum absolute atomic E-state index is 0. The zero-order valence-electron chi connectivity index (χ0n) is 19.8. The molecular formula is C25H34F3N3O2. The van der Waals surface area contributed by atoms with Crippen molar-refractivity contribution in [1.82, 2.24) is 14.8 Å². The summed E-state index contributed by atoms with van der Waals surface area (Å²) in [5, 5.41) is 13.8. The maximum Gasteiger partial charge on any atom is 0.431 e. The van der Waals surface area contributed by atoms with Gasteiger partial charge in [-0.05, 0) is 82.9 Å². The Morgan fingerprint density at radius 2 is 1.76 bits per heavy atom. The van der Waals surface area contributed by atoms with Crippen molar-refractivity contribution >= 4 is 5.91 Å². The van der Waals surface area contributed by atoms with Crippen LogP contribution in [0.2, 0.25) is 0 Å². The van der Waals surface area contributed by atoms with Crippen LogP contribution in [0.4, 0.5) is 13.2 Å². The minimum atomic E-state index is -4.42. The van der Waals surface area contributed by atoms with Crippen LogP contribution in [0, 0.1) is 6.92 Å². The summed E-state index contributed by atoms with van der Waals surface area (Å²) in [4.78, 5) is 14.9. The van der Waals surface area contributed by atoms with Gasteiger partial charge in [0.15, 0.2) is 0 Å². The van der Waals surface area contributed by atoms with Crippen molar-refractivity contribution in [3.63, 3.8) is 0 Å². The summed E-state index contributed by atoms with van der Waals surface area (Å²) in [6.07, 6.45) is -3.34. The van der Waals surface area contributed by atoms with E-state index in [0.717, 1.165) is 11.1 Å². The SMILES string of the molecule is Cc1cc(C(=O)N2CCC3(CC2)NCC(C)(C)n2c(C(F)(F)F)ccc23)ccc1C(C)(C)O.[HH]. The van der Waals surface area contributed by atoms with Crippen LogP contribution in [-0.2, 0) is 22.9 Å². The number of piperidine rings is 1. The molecule has 1 amide bonds. The topological polar surface area (TPSA) is 57.5 Å². The van der Waals surface area contributed by atoms with Gasteiger partial charge < -0.3 is 19.9 Å². The number of nitrogens with zero attached hydrogens (tertiary/aromatic N) is 2. The standard InChI is InChI=1S/C25H32F3N3O2.H2/c1-16-14-17(6-7-18(16)23(4,5)33)21(32)30-12-10-24(11-13-30)19-8-9-20(25(26,27)28)31(19)22(2,3)15-29-24;/h6-9,14,29,33H,10-13,15H2,1-5H3;1H. The van der Waals surface area contributed by atoms with Gasteiger partial charge in [0, 0.05) is 32.3 Å². The van der Waals surface area contributed by atoms with Crippen LogP contribution >= 0.6 is 0 Å². The van der Waals surface area contributed by atoms with Gasteiger partial charge in [-0.25, -0.2) is 0 Å². The average molecular weight is 466 g/mol. The van der Waals surface area contributed by atoms with Gasteiger partial charge in [0.2, 0.25) is 0 Å². The lowest BCUT2D eigenvalue weighted by Crippen LogP contribution is -2.61. The number of hydrogen-bond acceptors (Lipinski definition) is 3. The molecule has 1 fully saturated rings. The molecule has 0 aliphatic carbocycles. The molecule has 0 unspecified atom stereocenters. The van der Waals surface area contributed by atoms with Crippen molar-refractivity contribution in [3.05, 3.63) is 58.4 Å². The van der Waals surface area contributed by atoms with E-state index >= 15 is 0 Å². The highest BCUT2D eigenvalue weighted by Gasteiger charge is 2.49. The van der Waals surface area contributed by atoms with Crippen molar-refractivity contribution in [2.24, 2.45) is 0 Å². The maximum atomic E-state index is 13.7. The van der Waals surface area contributed by atoms with Gasteiger partial charge in [0.1, 0.15) is 5.69 Å². The smallest absolute Gasteiger partial charge is 0.386 e. The summed E-state index contributed by atoms with van der Waals surface area (Å²) in [6, 6.07) is 8.07. The molecule has 2 N–H and O–H groups in total. The molecule has 1 aromatic heterocycles. The van der Waals surface area contributed by atoms with Gasteiger partial charge in [-0.1, -0.05) is 6.07 Å². The van der Waals surface area contributed by atoms with Crippen LogP contribution in [0.3, 0.4) is 0 Å². The largest absolute Gasteiger partial charge is 0.431 e. The quantitative estimate of drug-likeness (QED) is 0.673. The molecule has 5 nitrogen and oxygen atoms in total. The molecule has 0 atom stereocenters. The number of benzene rings is 1. The van der Waals surface area contributed by atoms with Gasteiger partial charge in [0.05, 0.1) is 16.7 Å². The molecule has 0 bridgehead atoms. The van der Waals surface area contributed by atoms with Crippen LogP contribution in [0.1, 0.15) is 74.8 Å². The number of aromatic nitrogens is 1. The fourth-order valence-electron chi connectivity index (χ4n) is 5.43. The van der Waals surface area contributed by atoms with E-state index in [0.29, 0.717) is 43.7 Å². The number of carbonyl (C=O) groups excluding carboxylic acids is 1. The molecule has 0 saturated carbocycles. The van der Waals surface area contributed by atoms with Crippen LogP contribution in [0.15, 0.2) is 30.3 Å². The van der Waals surface area contributed by atoms with E-state index in [1.165, 1.54) is 10.6 Å². The van der Waals surface area contributed by atoms with Crippen LogP contribution in [-0.4, -0.2) is 40.1 Å². The van der Waals surface area contributed by atoms with E-state index < -0.39 is 28.5 Å². The van der Waals surface area contributed by atoms with Gasteiger partial charge >= 0.3 is 6.18 Å². The zero-order chi connectivity index (χ0) is 24.4. The second kappa shape index (κ2) is 7.60. The summed E-state index contributed by atoms with van der Waals surface area (Å²) < 4.78 is 42.5. The molecule has 2 aliphatic rings. The summed E-state index contributed by atoms with van der Waals surface area (Å²) in [7, 11) is 0. The van der Waals surface area contributed by atoms with Crippen molar-refractivity contribution in [3.8, 4) is 0 Å². The first-order valence-corrected chi connectivity index (χ1v) is 11.3. The lowest BCUT2D eigenvalue weighted by molar-refractivity contribution is -0.146. The van der Waals surface area contributed by atoms with E-state index in [2.05, 4.69) is 5.32 Å². The van der Waals surface area contributed by atoms with Crippen molar-refractivity contribution in [2.45, 2.75) is 70.3 Å². The Morgan fingerprint density at radius 3 is 2.30 bits per heavy atom. The molecule has 8 heteroatoms. The number of aliphatic hydroxyl groups is 1. The Labute approximate surface area is 194 Å². The minimum Gasteiger partial charge on any atom is -0.386 e. The van der Waals surface area contributed by atoms with Crippen LogP contribution < -0.4 is 5.32 Å². The fraction of sp³-hybridized carbons (Fsp3) is 0.560. The number of rotatable bonds is 2. The van der Waals surface area contributed by atoms with E-state index in [-0.39, 0.29) is 7.33 Å². The molecule has 0 radical (unpaired) electrons. The van der Waals surface area contributed by atoms with Gasteiger partial charge in [-0.2, -0.15) is 13.2 Å². The van der Waals surface area contributed by atoms with Gasteiger partial charge in [0.25, 0.3) is 5.91 Å². The second-order valence-corrected chi connectivity index (χ2v) is 10.6. The normalized spacial score (nSPS) is 20.1.